The van der Waals surface area contributed by atoms with E-state index >= 15 is 0 Å². The highest BCUT2D eigenvalue weighted by Crippen LogP contribution is 2.28. The van der Waals surface area contributed by atoms with Crippen molar-refractivity contribution in [2.24, 2.45) is 0 Å². The van der Waals surface area contributed by atoms with E-state index in [1.165, 1.54) is 0 Å². The molecule has 2 N–H and O–H groups in total. The molecule has 1 aromatic heterocycles. The first-order chi connectivity index (χ1) is 6.79. The molecule has 82 valence electrons. The van der Waals surface area contributed by atoms with E-state index in [2.05, 4.69) is 9.72 Å². The summed E-state index contributed by atoms with van der Waals surface area (Å²) in [5.74, 6) is -1.27. The van der Waals surface area contributed by atoms with Crippen LogP contribution in [0.5, 0.6) is 5.75 Å². The summed E-state index contributed by atoms with van der Waals surface area (Å²) in [7, 11) is 0. The lowest BCUT2D eigenvalue weighted by Crippen LogP contribution is -2.17. The molecular weight excluding hydrogens is 219 g/mol. The van der Waals surface area contributed by atoms with Gasteiger partial charge in [0.25, 0.3) is 0 Å². The molecule has 0 saturated heterocycles. The number of alkyl halides is 3. The predicted molar refractivity (Wildman–Crippen MR) is 42.0 cm³/mol. The van der Waals surface area contributed by atoms with Crippen LogP contribution in [0.1, 0.15) is 0 Å². The molecule has 9 heteroatoms. The maximum Gasteiger partial charge on any atom is 0.573 e. The highest BCUT2D eigenvalue weighted by Gasteiger charge is 2.32. The van der Waals surface area contributed by atoms with Crippen LogP contribution in [-0.4, -0.2) is 16.3 Å². The number of nitrogen functional groups attached to an aromatic ring is 1. The fourth-order valence-electron chi connectivity index (χ4n) is 0.781. The lowest BCUT2D eigenvalue weighted by Gasteiger charge is -2.07. The summed E-state index contributed by atoms with van der Waals surface area (Å²) in [5.41, 5.74) is 4.33. The molecule has 0 amide bonds. The Labute approximate surface area is 80.6 Å². The van der Waals surface area contributed by atoms with E-state index in [0.29, 0.717) is 12.3 Å². The van der Waals surface area contributed by atoms with Gasteiger partial charge in [-0.15, -0.1) is 13.2 Å². The Balaban J connectivity index is 3.03. The zero-order valence-corrected chi connectivity index (χ0v) is 6.99. The first kappa shape index (κ1) is 11.0. The Hall–Kier alpha value is -2.06. The molecule has 0 bridgehead atoms. The van der Waals surface area contributed by atoms with Gasteiger partial charge >= 0.3 is 12.0 Å². The molecule has 0 atom stereocenters. The number of ether oxygens (including phenoxy) is 1. The van der Waals surface area contributed by atoms with E-state index < -0.39 is 28.5 Å². The van der Waals surface area contributed by atoms with Gasteiger partial charge in [-0.05, 0) is 0 Å². The maximum atomic E-state index is 11.7. The Morgan fingerprint density at radius 2 is 2.13 bits per heavy atom. The number of nitrogens with two attached hydrogens (primary N) is 1. The van der Waals surface area contributed by atoms with Gasteiger partial charge < -0.3 is 10.5 Å². The van der Waals surface area contributed by atoms with Crippen LogP contribution in [0.2, 0.25) is 0 Å². The molecule has 1 heterocycles. The second kappa shape index (κ2) is 3.59. The highest BCUT2D eigenvalue weighted by atomic mass is 19.4. The molecule has 0 fully saturated rings. The number of anilines is 1. The number of nitro groups is 1. The number of hydrogen-bond donors (Lipinski definition) is 1. The smallest absolute Gasteiger partial charge is 0.404 e. The minimum absolute atomic E-state index is 0.477. The molecule has 0 saturated carbocycles. The number of pyridine rings is 1. The van der Waals surface area contributed by atoms with Crippen LogP contribution in [-0.2, 0) is 0 Å². The van der Waals surface area contributed by atoms with E-state index in [0.717, 1.165) is 0 Å². The first-order valence-corrected chi connectivity index (χ1v) is 3.45. The average molecular weight is 223 g/mol. The van der Waals surface area contributed by atoms with Crippen molar-refractivity contribution in [2.45, 2.75) is 6.36 Å². The van der Waals surface area contributed by atoms with Crippen LogP contribution in [0.15, 0.2) is 12.3 Å². The predicted octanol–water partition coefficient (Wildman–Crippen LogP) is 1.47. The number of nitrogens with zero attached hydrogens (tertiary/aromatic N) is 2. The van der Waals surface area contributed by atoms with Gasteiger partial charge in [0.1, 0.15) is 0 Å². The van der Waals surface area contributed by atoms with Gasteiger partial charge in [0, 0.05) is 0 Å². The summed E-state index contributed by atoms with van der Waals surface area (Å²) in [4.78, 5) is 12.5. The summed E-state index contributed by atoms with van der Waals surface area (Å²) in [6.45, 7) is 0. The summed E-state index contributed by atoms with van der Waals surface area (Å²) < 4.78 is 38.6. The van der Waals surface area contributed by atoms with E-state index in [9.17, 15) is 23.3 Å². The maximum absolute atomic E-state index is 11.7. The normalized spacial score (nSPS) is 11.1. The van der Waals surface area contributed by atoms with E-state index in [4.69, 9.17) is 5.73 Å². The van der Waals surface area contributed by atoms with Gasteiger partial charge in [0.05, 0.1) is 17.2 Å². The summed E-state index contributed by atoms with van der Waals surface area (Å²) in [5, 5.41) is 10.3. The standard InChI is InChI=1S/C6H4F3N3O3/c7-6(8,9)15-3-1-4(12(13)14)5(10)11-2-3/h1-2H,(H2,10,11). The molecule has 0 spiro atoms. The Bertz CT molecular complexity index is 393. The zero-order valence-electron chi connectivity index (χ0n) is 6.99. The monoisotopic (exact) mass is 223 g/mol. The van der Waals surface area contributed by atoms with Crippen molar-refractivity contribution in [3.05, 3.63) is 22.4 Å². The van der Waals surface area contributed by atoms with Gasteiger partial charge in [0.2, 0.25) is 5.82 Å². The molecule has 0 aromatic carbocycles. The van der Waals surface area contributed by atoms with Crippen molar-refractivity contribution < 1.29 is 22.8 Å². The minimum Gasteiger partial charge on any atom is -0.404 e. The van der Waals surface area contributed by atoms with E-state index in [-0.39, 0.29) is 0 Å². The molecule has 0 unspecified atom stereocenters. The van der Waals surface area contributed by atoms with Crippen LogP contribution < -0.4 is 10.5 Å². The number of halogens is 3. The number of aromatic nitrogens is 1. The van der Waals surface area contributed by atoms with Crippen molar-refractivity contribution >= 4 is 11.5 Å². The van der Waals surface area contributed by atoms with Gasteiger partial charge in [-0.2, -0.15) is 0 Å². The number of hydrogen-bond acceptors (Lipinski definition) is 5. The van der Waals surface area contributed by atoms with Crippen molar-refractivity contribution in [3.8, 4) is 5.75 Å². The van der Waals surface area contributed by atoms with Crippen LogP contribution in [0.4, 0.5) is 24.7 Å². The van der Waals surface area contributed by atoms with E-state index in [1.807, 2.05) is 0 Å². The molecule has 1 aromatic rings. The second-order valence-corrected chi connectivity index (χ2v) is 2.38. The van der Waals surface area contributed by atoms with Crippen molar-refractivity contribution in [2.75, 3.05) is 5.73 Å². The third-order valence-electron chi connectivity index (χ3n) is 1.30. The minimum atomic E-state index is -4.92. The van der Waals surface area contributed by atoms with Crippen molar-refractivity contribution in [3.63, 3.8) is 0 Å². The highest BCUT2D eigenvalue weighted by molar-refractivity contribution is 5.54. The number of rotatable bonds is 2. The van der Waals surface area contributed by atoms with Crippen molar-refractivity contribution in [1.82, 2.24) is 4.98 Å². The van der Waals surface area contributed by atoms with Gasteiger partial charge in [-0.3, -0.25) is 10.1 Å². The average Bonchev–Trinajstić information content (AvgIpc) is 2.05. The van der Waals surface area contributed by atoms with Gasteiger partial charge in [-0.1, -0.05) is 0 Å². The third-order valence-corrected chi connectivity index (χ3v) is 1.30. The van der Waals surface area contributed by atoms with Crippen LogP contribution in [0.3, 0.4) is 0 Å². The topological polar surface area (TPSA) is 91.3 Å². The largest absolute Gasteiger partial charge is 0.573 e. The third kappa shape index (κ3) is 2.97. The van der Waals surface area contributed by atoms with Gasteiger partial charge in [-0.25, -0.2) is 4.98 Å². The molecule has 0 aliphatic heterocycles. The quantitative estimate of drug-likeness (QED) is 0.605. The summed E-state index contributed by atoms with van der Waals surface area (Å²) in [6, 6.07) is 0.551. The Kier molecular flexibility index (Phi) is 2.64. The molecule has 0 aliphatic rings. The zero-order chi connectivity index (χ0) is 11.6. The molecule has 1 rings (SSSR count). The lowest BCUT2D eigenvalue weighted by atomic mass is 10.4. The fourth-order valence-corrected chi connectivity index (χ4v) is 0.781. The fraction of sp³-hybridized carbons (Fsp3) is 0.167. The van der Waals surface area contributed by atoms with Crippen molar-refractivity contribution in [1.29, 1.82) is 0 Å². The second-order valence-electron chi connectivity index (χ2n) is 2.38. The van der Waals surface area contributed by atoms with Crippen LogP contribution in [0.25, 0.3) is 0 Å². The van der Waals surface area contributed by atoms with Gasteiger partial charge in [0.15, 0.2) is 5.75 Å². The van der Waals surface area contributed by atoms with Crippen LogP contribution >= 0.6 is 0 Å². The molecular formula is C6H4F3N3O3. The molecule has 6 nitrogen and oxygen atoms in total. The first-order valence-electron chi connectivity index (χ1n) is 3.45. The summed E-state index contributed by atoms with van der Waals surface area (Å²) in [6.07, 6.45) is -4.28. The molecule has 15 heavy (non-hydrogen) atoms. The Morgan fingerprint density at radius 3 is 2.60 bits per heavy atom. The lowest BCUT2D eigenvalue weighted by molar-refractivity contribution is -0.384. The molecule has 0 aliphatic carbocycles. The van der Waals surface area contributed by atoms with Crippen LogP contribution in [0, 0.1) is 10.1 Å². The van der Waals surface area contributed by atoms with E-state index in [1.54, 1.807) is 0 Å². The SMILES string of the molecule is Nc1ncc(OC(F)(F)F)cc1[N+](=O)[O-]. The summed E-state index contributed by atoms with van der Waals surface area (Å²) >= 11 is 0. The molecule has 0 radical (unpaired) electrons. The Morgan fingerprint density at radius 1 is 1.53 bits per heavy atom.